The number of amides is 1. The van der Waals surface area contributed by atoms with Crippen LogP contribution in [0.2, 0.25) is 0 Å². The maximum absolute atomic E-state index is 12.9. The fourth-order valence-corrected chi connectivity index (χ4v) is 4.63. The van der Waals surface area contributed by atoms with Gasteiger partial charge in [0.15, 0.2) is 0 Å². The van der Waals surface area contributed by atoms with Gasteiger partial charge in [0.2, 0.25) is 5.91 Å². The van der Waals surface area contributed by atoms with Gasteiger partial charge in [0.1, 0.15) is 21.5 Å². The smallest absolute Gasteiger partial charge is 0.250 e. The van der Waals surface area contributed by atoms with E-state index in [9.17, 15) is 17.6 Å². The fraction of sp³-hybridized carbons (Fsp3) is 0.150. The van der Waals surface area contributed by atoms with Crippen molar-refractivity contribution in [2.75, 3.05) is 0 Å². The molecule has 9 heteroatoms. The van der Waals surface area contributed by atoms with Gasteiger partial charge < -0.3 is 10.1 Å². The average Bonchev–Trinajstić information content (AvgIpc) is 3.24. The Morgan fingerprint density at radius 2 is 1.69 bits per heavy atom. The predicted octanol–water partition coefficient (Wildman–Crippen LogP) is 3.66. The highest BCUT2D eigenvalue weighted by Crippen LogP contribution is 2.22. The number of hydrogen-bond donors (Lipinski definition) is 2. The SMILES string of the molecule is CC(NS(=O)(=O)c1cccs1)C(=O)NCc1ccc(Oc2ccc(F)cc2)cc1. The first kappa shape index (κ1) is 21.0. The third-order valence-corrected chi connectivity index (χ3v) is 6.86. The summed E-state index contributed by atoms with van der Waals surface area (Å²) in [6.07, 6.45) is 0. The van der Waals surface area contributed by atoms with E-state index in [0.29, 0.717) is 11.5 Å². The van der Waals surface area contributed by atoms with Gasteiger partial charge in [0.05, 0.1) is 6.04 Å². The highest BCUT2D eigenvalue weighted by Gasteiger charge is 2.22. The van der Waals surface area contributed by atoms with Crippen LogP contribution in [-0.4, -0.2) is 20.4 Å². The molecule has 0 radical (unpaired) electrons. The Morgan fingerprint density at radius 1 is 1.07 bits per heavy atom. The lowest BCUT2D eigenvalue weighted by Crippen LogP contribution is -2.44. The number of benzene rings is 2. The highest BCUT2D eigenvalue weighted by atomic mass is 32.2. The van der Waals surface area contributed by atoms with Crippen LogP contribution in [-0.2, 0) is 21.4 Å². The van der Waals surface area contributed by atoms with E-state index in [1.807, 2.05) is 0 Å². The van der Waals surface area contributed by atoms with Crippen molar-refractivity contribution >= 4 is 27.3 Å². The van der Waals surface area contributed by atoms with E-state index < -0.39 is 22.0 Å². The predicted molar refractivity (Wildman–Crippen MR) is 109 cm³/mol. The molecule has 0 aliphatic rings. The molecule has 0 spiro atoms. The third kappa shape index (κ3) is 5.86. The summed E-state index contributed by atoms with van der Waals surface area (Å²) in [5.41, 5.74) is 0.818. The Bertz CT molecular complexity index is 1050. The van der Waals surface area contributed by atoms with Crippen molar-refractivity contribution in [1.82, 2.24) is 10.0 Å². The van der Waals surface area contributed by atoms with Crippen LogP contribution in [0.5, 0.6) is 11.5 Å². The van der Waals surface area contributed by atoms with Crippen molar-refractivity contribution in [2.24, 2.45) is 0 Å². The van der Waals surface area contributed by atoms with Crippen LogP contribution in [0.15, 0.2) is 70.3 Å². The van der Waals surface area contributed by atoms with Gasteiger partial charge in [-0.25, -0.2) is 12.8 Å². The first-order valence-electron chi connectivity index (χ1n) is 8.69. The standard InChI is InChI=1S/C20H19FN2O4S2/c1-14(23-29(25,26)19-3-2-12-28-19)20(24)22-13-15-4-8-17(9-5-15)27-18-10-6-16(21)7-11-18/h2-12,14,23H,13H2,1H3,(H,22,24). The lowest BCUT2D eigenvalue weighted by Gasteiger charge is -2.14. The normalized spacial score (nSPS) is 12.3. The molecule has 29 heavy (non-hydrogen) atoms. The Labute approximate surface area is 172 Å². The largest absolute Gasteiger partial charge is 0.457 e. The van der Waals surface area contributed by atoms with E-state index in [0.717, 1.165) is 16.9 Å². The molecule has 0 aliphatic carbocycles. The lowest BCUT2D eigenvalue weighted by atomic mass is 10.2. The van der Waals surface area contributed by atoms with E-state index in [-0.39, 0.29) is 16.6 Å². The number of rotatable bonds is 8. The van der Waals surface area contributed by atoms with Gasteiger partial charge in [-0.2, -0.15) is 4.72 Å². The first-order chi connectivity index (χ1) is 13.8. The van der Waals surface area contributed by atoms with Gasteiger partial charge >= 0.3 is 0 Å². The van der Waals surface area contributed by atoms with Gasteiger partial charge in [-0.05, 0) is 60.3 Å². The summed E-state index contributed by atoms with van der Waals surface area (Å²) in [4.78, 5) is 12.2. The molecule has 0 saturated carbocycles. The minimum atomic E-state index is -3.71. The van der Waals surface area contributed by atoms with Crippen molar-refractivity contribution < 1.29 is 22.3 Å². The molecule has 0 bridgehead atoms. The summed E-state index contributed by atoms with van der Waals surface area (Å²) in [6, 6.07) is 14.9. The molecule has 1 aromatic heterocycles. The molecule has 0 saturated heterocycles. The number of nitrogens with one attached hydrogen (secondary N) is 2. The zero-order valence-electron chi connectivity index (χ0n) is 15.5. The van der Waals surface area contributed by atoms with Crippen molar-refractivity contribution in [2.45, 2.75) is 23.7 Å². The van der Waals surface area contributed by atoms with Crippen LogP contribution in [0, 0.1) is 5.82 Å². The van der Waals surface area contributed by atoms with E-state index in [2.05, 4.69) is 10.0 Å². The summed E-state index contributed by atoms with van der Waals surface area (Å²) in [5.74, 6) is 0.315. The monoisotopic (exact) mass is 434 g/mol. The second-order valence-corrected chi connectivity index (χ2v) is 9.08. The number of thiophene rings is 1. The van der Waals surface area contributed by atoms with Crippen LogP contribution in [0.25, 0.3) is 0 Å². The number of halogens is 1. The molecular weight excluding hydrogens is 415 g/mol. The Balaban J connectivity index is 1.51. The Hall–Kier alpha value is -2.75. The van der Waals surface area contributed by atoms with Crippen LogP contribution in [0.4, 0.5) is 4.39 Å². The molecule has 0 fully saturated rings. The van der Waals surface area contributed by atoms with Crippen molar-refractivity contribution in [3.63, 3.8) is 0 Å². The molecule has 152 valence electrons. The first-order valence-corrected chi connectivity index (χ1v) is 11.1. The topological polar surface area (TPSA) is 84.5 Å². The molecule has 2 aromatic carbocycles. The summed E-state index contributed by atoms with van der Waals surface area (Å²) in [6.45, 7) is 1.72. The maximum Gasteiger partial charge on any atom is 0.250 e. The highest BCUT2D eigenvalue weighted by molar-refractivity contribution is 7.91. The van der Waals surface area contributed by atoms with Crippen LogP contribution < -0.4 is 14.8 Å². The van der Waals surface area contributed by atoms with E-state index in [1.54, 1.807) is 35.7 Å². The number of ether oxygens (including phenoxy) is 1. The Kier molecular flexibility index (Phi) is 6.63. The van der Waals surface area contributed by atoms with Gasteiger partial charge in [0, 0.05) is 6.54 Å². The Morgan fingerprint density at radius 3 is 2.28 bits per heavy atom. The van der Waals surface area contributed by atoms with Gasteiger partial charge in [0.25, 0.3) is 10.0 Å². The summed E-state index contributed by atoms with van der Waals surface area (Å²) < 4.78 is 45.4. The molecule has 1 heterocycles. The molecular formula is C20H19FN2O4S2. The van der Waals surface area contributed by atoms with Crippen LogP contribution in [0.3, 0.4) is 0 Å². The number of carbonyl (C=O) groups excluding carboxylic acids is 1. The maximum atomic E-state index is 12.9. The molecule has 3 rings (SSSR count). The van der Waals surface area contributed by atoms with E-state index in [4.69, 9.17) is 4.74 Å². The summed E-state index contributed by atoms with van der Waals surface area (Å²) in [7, 11) is -3.71. The van der Waals surface area contributed by atoms with Gasteiger partial charge in [-0.15, -0.1) is 11.3 Å². The molecule has 1 amide bonds. The number of carbonyl (C=O) groups is 1. The molecule has 6 nitrogen and oxygen atoms in total. The zero-order chi connectivity index (χ0) is 20.9. The molecule has 3 aromatic rings. The summed E-state index contributed by atoms with van der Waals surface area (Å²) >= 11 is 1.08. The van der Waals surface area contributed by atoms with Crippen LogP contribution in [0.1, 0.15) is 12.5 Å². The van der Waals surface area contributed by atoms with Crippen molar-refractivity contribution in [3.8, 4) is 11.5 Å². The summed E-state index contributed by atoms with van der Waals surface area (Å²) in [5, 5.41) is 4.35. The molecule has 2 N–H and O–H groups in total. The second-order valence-electron chi connectivity index (χ2n) is 6.19. The van der Waals surface area contributed by atoms with Gasteiger partial charge in [-0.3, -0.25) is 4.79 Å². The van der Waals surface area contributed by atoms with E-state index >= 15 is 0 Å². The number of sulfonamides is 1. The molecule has 1 atom stereocenters. The van der Waals surface area contributed by atoms with Crippen molar-refractivity contribution in [3.05, 3.63) is 77.4 Å². The van der Waals surface area contributed by atoms with Crippen molar-refractivity contribution in [1.29, 1.82) is 0 Å². The fourth-order valence-electron chi connectivity index (χ4n) is 2.42. The zero-order valence-corrected chi connectivity index (χ0v) is 17.1. The second kappa shape index (κ2) is 9.17. The molecule has 1 unspecified atom stereocenters. The van der Waals surface area contributed by atoms with Crippen LogP contribution >= 0.6 is 11.3 Å². The molecule has 0 aliphatic heterocycles. The minimum Gasteiger partial charge on any atom is -0.457 e. The average molecular weight is 435 g/mol. The minimum absolute atomic E-state index is 0.161. The van der Waals surface area contributed by atoms with Gasteiger partial charge in [-0.1, -0.05) is 18.2 Å². The third-order valence-electron chi connectivity index (χ3n) is 3.92. The van der Waals surface area contributed by atoms with E-state index in [1.165, 1.54) is 37.3 Å². The quantitative estimate of drug-likeness (QED) is 0.567. The number of hydrogen-bond acceptors (Lipinski definition) is 5. The lowest BCUT2D eigenvalue weighted by molar-refractivity contribution is -0.122.